The van der Waals surface area contributed by atoms with E-state index in [0.717, 1.165) is 12.1 Å². The van der Waals surface area contributed by atoms with Gasteiger partial charge in [0.25, 0.3) is 0 Å². The fourth-order valence-electron chi connectivity index (χ4n) is 1.25. The van der Waals surface area contributed by atoms with Crippen LogP contribution in [0.3, 0.4) is 0 Å². The van der Waals surface area contributed by atoms with Gasteiger partial charge in [-0.2, -0.15) is 0 Å². The number of carbonyl (C=O) groups excluding carboxylic acids is 1. The van der Waals surface area contributed by atoms with Crippen LogP contribution >= 0.6 is 0 Å². The van der Waals surface area contributed by atoms with E-state index in [1.165, 1.54) is 5.57 Å². The molecule has 0 aromatic heterocycles. The summed E-state index contributed by atoms with van der Waals surface area (Å²) in [6.07, 6.45) is 4.26. The number of nitrogens with one attached hydrogen (secondary N) is 1. The quantitative estimate of drug-likeness (QED) is 0.525. The summed E-state index contributed by atoms with van der Waals surface area (Å²) in [5.74, 6) is 0.218. The fraction of sp³-hybridized carbons (Fsp3) is 0.250. The van der Waals surface area contributed by atoms with Gasteiger partial charge in [0, 0.05) is 13.0 Å². The Labute approximate surface area is 59.6 Å². The van der Waals surface area contributed by atoms with Gasteiger partial charge >= 0.3 is 0 Å². The van der Waals surface area contributed by atoms with Gasteiger partial charge in [0.15, 0.2) is 5.78 Å². The lowest BCUT2D eigenvalue weighted by molar-refractivity contribution is -0.113. The van der Waals surface area contributed by atoms with Crippen LogP contribution in [0.2, 0.25) is 0 Å². The van der Waals surface area contributed by atoms with Gasteiger partial charge in [0.1, 0.15) is 0 Å². The molecule has 1 aliphatic carbocycles. The molecule has 2 aliphatic rings. The zero-order chi connectivity index (χ0) is 6.97. The Morgan fingerprint density at radius 3 is 3.30 bits per heavy atom. The van der Waals surface area contributed by atoms with E-state index in [9.17, 15) is 4.79 Å². The Morgan fingerprint density at radius 1 is 1.50 bits per heavy atom. The maximum absolute atomic E-state index is 10.8. The molecule has 1 radical (unpaired) electrons. The summed E-state index contributed by atoms with van der Waals surface area (Å²) in [4.78, 5) is 10.8. The maximum atomic E-state index is 10.8. The van der Waals surface area contributed by atoms with Gasteiger partial charge in [-0.1, -0.05) is 6.08 Å². The predicted octanol–water partition coefficient (Wildman–Crippen LogP) is 0.577. The van der Waals surface area contributed by atoms with Crippen molar-refractivity contribution in [3.63, 3.8) is 0 Å². The van der Waals surface area contributed by atoms with Gasteiger partial charge in [0.05, 0.1) is 6.54 Å². The highest BCUT2D eigenvalue weighted by molar-refractivity contribution is 5.94. The molecule has 0 aromatic rings. The van der Waals surface area contributed by atoms with Gasteiger partial charge in [-0.3, -0.25) is 4.79 Å². The van der Waals surface area contributed by atoms with Crippen molar-refractivity contribution in [2.24, 2.45) is 0 Å². The number of rotatable bonds is 0. The Morgan fingerprint density at radius 2 is 2.40 bits per heavy atom. The predicted molar refractivity (Wildman–Crippen MR) is 38.1 cm³/mol. The Bertz CT molecular complexity index is 238. The summed E-state index contributed by atoms with van der Waals surface area (Å²) in [6.45, 7) is 2.77. The molecule has 1 heterocycles. The maximum Gasteiger partial charge on any atom is 0.159 e. The van der Waals surface area contributed by atoms with Crippen LogP contribution in [0.15, 0.2) is 23.3 Å². The monoisotopic (exact) mass is 134 g/mol. The second kappa shape index (κ2) is 2.06. The van der Waals surface area contributed by atoms with Crippen molar-refractivity contribution in [3.05, 3.63) is 29.8 Å². The molecule has 1 N–H and O–H groups in total. The van der Waals surface area contributed by atoms with Crippen molar-refractivity contribution >= 4 is 5.78 Å². The topological polar surface area (TPSA) is 29.1 Å². The molecule has 2 heteroatoms. The molecular weight excluding hydrogens is 126 g/mol. The molecule has 1 aliphatic heterocycles. The van der Waals surface area contributed by atoms with Crippen molar-refractivity contribution in [1.29, 1.82) is 0 Å². The molecule has 0 bridgehead atoms. The Hall–Kier alpha value is -0.890. The summed E-state index contributed by atoms with van der Waals surface area (Å²) in [7, 11) is 0. The third kappa shape index (κ3) is 0.809. The Kier molecular flexibility index (Phi) is 1.21. The fourth-order valence-corrected chi connectivity index (χ4v) is 1.25. The minimum absolute atomic E-state index is 0.218. The van der Waals surface area contributed by atoms with Crippen LogP contribution in [-0.4, -0.2) is 12.3 Å². The average molecular weight is 134 g/mol. The van der Waals surface area contributed by atoms with Crippen molar-refractivity contribution < 1.29 is 4.79 Å². The molecule has 1 fully saturated rings. The minimum Gasteiger partial charge on any atom is -0.304 e. The highest BCUT2D eigenvalue weighted by Crippen LogP contribution is 2.21. The normalized spacial score (nSPS) is 23.8. The number of carbonyl (C=O) groups is 1. The van der Waals surface area contributed by atoms with Crippen LogP contribution in [0.25, 0.3) is 0 Å². The second-order valence-corrected chi connectivity index (χ2v) is 2.52. The Balaban J connectivity index is 2.35. The van der Waals surface area contributed by atoms with Crippen LogP contribution in [0.1, 0.15) is 6.42 Å². The van der Waals surface area contributed by atoms with E-state index < -0.39 is 0 Å². The second-order valence-electron chi connectivity index (χ2n) is 2.52. The first kappa shape index (κ1) is 5.86. The summed E-state index contributed by atoms with van der Waals surface area (Å²) in [5, 5.41) is 3.07. The van der Waals surface area contributed by atoms with Crippen molar-refractivity contribution in [3.8, 4) is 0 Å². The van der Waals surface area contributed by atoms with E-state index in [4.69, 9.17) is 0 Å². The van der Waals surface area contributed by atoms with E-state index in [1.54, 1.807) is 6.08 Å². The van der Waals surface area contributed by atoms with Crippen molar-refractivity contribution in [1.82, 2.24) is 5.32 Å². The first-order chi connectivity index (χ1) is 4.86. The molecule has 1 saturated heterocycles. The summed E-state index contributed by atoms with van der Waals surface area (Å²) in [6, 6.07) is 0. The third-order valence-corrected chi connectivity index (χ3v) is 1.78. The molecule has 0 aromatic carbocycles. The van der Waals surface area contributed by atoms with Crippen LogP contribution in [0.5, 0.6) is 0 Å². The first-order valence-corrected chi connectivity index (χ1v) is 3.37. The molecule has 0 atom stereocenters. The smallest absolute Gasteiger partial charge is 0.159 e. The number of hydrogen-bond donors (Lipinski definition) is 1. The standard InChI is InChI=1S/C8H8NO/c10-8-2-1-6-4-9-5-7(6)3-8/h1,3-4,9H,2,5H2. The molecule has 10 heavy (non-hydrogen) atoms. The van der Waals surface area contributed by atoms with Crippen molar-refractivity contribution in [2.75, 3.05) is 6.54 Å². The summed E-state index contributed by atoms with van der Waals surface area (Å²) >= 11 is 0. The zero-order valence-electron chi connectivity index (χ0n) is 5.55. The van der Waals surface area contributed by atoms with E-state index >= 15 is 0 Å². The summed E-state index contributed by atoms with van der Waals surface area (Å²) in [5.41, 5.74) is 2.33. The van der Waals surface area contributed by atoms with Crippen LogP contribution < -0.4 is 5.32 Å². The first-order valence-electron chi connectivity index (χ1n) is 3.37. The highest BCUT2D eigenvalue weighted by atomic mass is 16.1. The molecular formula is C8H8NO. The van der Waals surface area contributed by atoms with Gasteiger partial charge in [-0.05, 0) is 17.2 Å². The number of hydrogen-bond acceptors (Lipinski definition) is 2. The molecule has 0 unspecified atom stereocenters. The number of ketones is 1. The molecule has 0 saturated carbocycles. The zero-order valence-corrected chi connectivity index (χ0v) is 5.55. The molecule has 2 nitrogen and oxygen atoms in total. The van der Waals surface area contributed by atoms with Gasteiger partial charge in [-0.15, -0.1) is 0 Å². The van der Waals surface area contributed by atoms with Crippen LogP contribution in [-0.2, 0) is 4.79 Å². The van der Waals surface area contributed by atoms with Gasteiger partial charge < -0.3 is 5.32 Å². The summed E-state index contributed by atoms with van der Waals surface area (Å²) < 4.78 is 0. The third-order valence-electron chi connectivity index (χ3n) is 1.78. The van der Waals surface area contributed by atoms with E-state index in [1.807, 2.05) is 12.6 Å². The highest BCUT2D eigenvalue weighted by Gasteiger charge is 2.17. The average Bonchev–Trinajstić information content (AvgIpc) is 2.33. The molecule has 0 amide bonds. The largest absolute Gasteiger partial charge is 0.304 e. The van der Waals surface area contributed by atoms with E-state index in [-0.39, 0.29) is 5.78 Å². The lowest BCUT2D eigenvalue weighted by Crippen LogP contribution is -2.02. The van der Waals surface area contributed by atoms with Crippen LogP contribution in [0, 0.1) is 6.54 Å². The van der Waals surface area contributed by atoms with Crippen molar-refractivity contribution in [2.45, 2.75) is 6.42 Å². The van der Waals surface area contributed by atoms with E-state index in [2.05, 4.69) is 5.32 Å². The molecule has 0 spiro atoms. The van der Waals surface area contributed by atoms with Gasteiger partial charge in [-0.25, -0.2) is 0 Å². The minimum atomic E-state index is 0.218. The SMILES string of the molecule is O=C1C=C2CN[CH]C2=CC1. The number of fused-ring (bicyclic) bond motifs is 1. The number of allylic oxidation sites excluding steroid dienone is 2. The lowest BCUT2D eigenvalue weighted by atomic mass is 10.0. The van der Waals surface area contributed by atoms with Crippen LogP contribution in [0.4, 0.5) is 0 Å². The molecule has 51 valence electrons. The van der Waals surface area contributed by atoms with Gasteiger partial charge in [0.2, 0.25) is 0 Å². The lowest BCUT2D eigenvalue weighted by Gasteiger charge is -2.03. The van der Waals surface area contributed by atoms with E-state index in [0.29, 0.717) is 6.42 Å². The molecule has 2 rings (SSSR count).